The molecule has 0 aliphatic rings. The normalized spacial score (nSPS) is 9.93. The molecular formula is C9H13N3O2S. The SMILES string of the molecule is COC(=O)CCCn1ccnc1C(N)=S. The number of hydrogen-bond acceptors (Lipinski definition) is 4. The Kier molecular flexibility index (Phi) is 4.23. The predicted octanol–water partition coefficient (Wildman–Crippen LogP) is 0.471. The zero-order valence-electron chi connectivity index (χ0n) is 8.47. The minimum absolute atomic E-state index is 0.216. The van der Waals surface area contributed by atoms with Crippen LogP contribution in [0.4, 0.5) is 0 Å². The third kappa shape index (κ3) is 3.32. The highest BCUT2D eigenvalue weighted by Gasteiger charge is 2.06. The van der Waals surface area contributed by atoms with Crippen LogP contribution < -0.4 is 5.73 Å². The molecule has 1 rings (SSSR count). The fraction of sp³-hybridized carbons (Fsp3) is 0.444. The van der Waals surface area contributed by atoms with Crippen LogP contribution in [-0.4, -0.2) is 27.6 Å². The van der Waals surface area contributed by atoms with E-state index in [4.69, 9.17) is 18.0 Å². The van der Waals surface area contributed by atoms with Gasteiger partial charge in [-0.3, -0.25) is 4.79 Å². The summed E-state index contributed by atoms with van der Waals surface area (Å²) >= 11 is 4.83. The molecule has 0 radical (unpaired) electrons. The molecule has 0 atom stereocenters. The number of thiocarbonyl (C=S) groups is 1. The Morgan fingerprint density at radius 2 is 2.47 bits per heavy atom. The van der Waals surface area contributed by atoms with Gasteiger partial charge < -0.3 is 15.0 Å². The molecule has 0 aliphatic heterocycles. The highest BCUT2D eigenvalue weighted by molar-refractivity contribution is 7.80. The van der Waals surface area contributed by atoms with Crippen LogP contribution in [0.15, 0.2) is 12.4 Å². The minimum Gasteiger partial charge on any atom is -0.469 e. The second-order valence-corrected chi connectivity index (χ2v) is 3.43. The summed E-state index contributed by atoms with van der Waals surface area (Å²) in [6.45, 7) is 0.655. The number of nitrogens with zero attached hydrogens (tertiary/aromatic N) is 2. The lowest BCUT2D eigenvalue weighted by atomic mass is 10.3. The summed E-state index contributed by atoms with van der Waals surface area (Å²) < 4.78 is 6.36. The van der Waals surface area contributed by atoms with Crippen molar-refractivity contribution < 1.29 is 9.53 Å². The Labute approximate surface area is 93.2 Å². The quantitative estimate of drug-likeness (QED) is 0.585. The molecule has 0 saturated heterocycles. The van der Waals surface area contributed by atoms with Crippen LogP contribution in [-0.2, 0) is 16.1 Å². The molecule has 6 heteroatoms. The van der Waals surface area contributed by atoms with Crippen LogP contribution in [0, 0.1) is 0 Å². The van der Waals surface area contributed by atoms with Crippen LogP contribution in [0.1, 0.15) is 18.7 Å². The van der Waals surface area contributed by atoms with Gasteiger partial charge in [0.2, 0.25) is 0 Å². The molecule has 0 unspecified atom stereocenters. The fourth-order valence-electron chi connectivity index (χ4n) is 1.21. The largest absolute Gasteiger partial charge is 0.469 e. The van der Waals surface area contributed by atoms with Crippen LogP contribution in [0.5, 0.6) is 0 Å². The number of imidazole rings is 1. The second kappa shape index (κ2) is 5.45. The highest BCUT2D eigenvalue weighted by atomic mass is 32.1. The number of carbonyl (C=O) groups is 1. The zero-order chi connectivity index (χ0) is 11.3. The predicted molar refractivity (Wildman–Crippen MR) is 59.4 cm³/mol. The van der Waals surface area contributed by atoms with Gasteiger partial charge in [0.05, 0.1) is 7.11 Å². The Hall–Kier alpha value is -1.43. The number of nitrogens with two attached hydrogens (primary N) is 1. The molecule has 2 N–H and O–H groups in total. The van der Waals surface area contributed by atoms with Crippen LogP contribution in [0.25, 0.3) is 0 Å². The Morgan fingerprint density at radius 3 is 3.07 bits per heavy atom. The van der Waals surface area contributed by atoms with Gasteiger partial charge in [-0.1, -0.05) is 12.2 Å². The van der Waals surface area contributed by atoms with E-state index < -0.39 is 0 Å². The van der Waals surface area contributed by atoms with Gasteiger partial charge >= 0.3 is 5.97 Å². The van der Waals surface area contributed by atoms with E-state index in [1.807, 2.05) is 4.57 Å². The molecule has 5 nitrogen and oxygen atoms in total. The van der Waals surface area contributed by atoms with E-state index in [0.717, 1.165) is 0 Å². The van der Waals surface area contributed by atoms with E-state index in [1.54, 1.807) is 12.4 Å². The van der Waals surface area contributed by atoms with Crippen molar-refractivity contribution in [2.45, 2.75) is 19.4 Å². The van der Waals surface area contributed by atoms with Crippen molar-refractivity contribution in [3.05, 3.63) is 18.2 Å². The van der Waals surface area contributed by atoms with Crippen molar-refractivity contribution in [1.82, 2.24) is 9.55 Å². The second-order valence-electron chi connectivity index (χ2n) is 2.99. The van der Waals surface area contributed by atoms with Crippen molar-refractivity contribution in [3.8, 4) is 0 Å². The van der Waals surface area contributed by atoms with Crippen molar-refractivity contribution >= 4 is 23.2 Å². The summed E-state index contributed by atoms with van der Waals surface area (Å²) in [5, 5.41) is 0. The molecule has 0 aromatic carbocycles. The summed E-state index contributed by atoms with van der Waals surface area (Å²) in [6.07, 6.45) is 4.47. The first-order chi connectivity index (χ1) is 7.15. The van der Waals surface area contributed by atoms with Gasteiger partial charge in [-0.05, 0) is 6.42 Å². The van der Waals surface area contributed by atoms with Crippen molar-refractivity contribution in [2.24, 2.45) is 5.73 Å². The maximum atomic E-state index is 10.9. The topological polar surface area (TPSA) is 70.1 Å². The maximum Gasteiger partial charge on any atom is 0.305 e. The monoisotopic (exact) mass is 227 g/mol. The van der Waals surface area contributed by atoms with E-state index in [1.165, 1.54) is 7.11 Å². The summed E-state index contributed by atoms with van der Waals surface area (Å²) in [4.78, 5) is 15.1. The number of hydrogen-bond donors (Lipinski definition) is 1. The first-order valence-electron chi connectivity index (χ1n) is 4.53. The molecule has 0 bridgehead atoms. The van der Waals surface area contributed by atoms with Gasteiger partial charge in [0.25, 0.3) is 0 Å². The van der Waals surface area contributed by atoms with Crippen molar-refractivity contribution in [2.75, 3.05) is 7.11 Å². The fourth-order valence-corrected chi connectivity index (χ4v) is 1.38. The number of ether oxygens (including phenoxy) is 1. The molecule has 82 valence electrons. The van der Waals surface area contributed by atoms with E-state index >= 15 is 0 Å². The average molecular weight is 227 g/mol. The zero-order valence-corrected chi connectivity index (χ0v) is 9.29. The van der Waals surface area contributed by atoms with Gasteiger partial charge in [-0.15, -0.1) is 0 Å². The summed E-state index contributed by atoms with van der Waals surface area (Å²) in [6, 6.07) is 0. The number of aromatic nitrogens is 2. The Bertz CT molecular complexity index is 362. The summed E-state index contributed by atoms with van der Waals surface area (Å²) in [5.41, 5.74) is 5.47. The van der Waals surface area contributed by atoms with E-state index in [0.29, 0.717) is 25.2 Å². The van der Waals surface area contributed by atoms with Crippen LogP contribution in [0.3, 0.4) is 0 Å². The first kappa shape index (κ1) is 11.6. The van der Waals surface area contributed by atoms with Crippen molar-refractivity contribution in [3.63, 3.8) is 0 Å². The lowest BCUT2D eigenvalue weighted by Crippen LogP contribution is -2.17. The van der Waals surface area contributed by atoms with E-state index in [-0.39, 0.29) is 11.0 Å². The lowest BCUT2D eigenvalue weighted by molar-refractivity contribution is -0.140. The summed E-state index contributed by atoms with van der Waals surface area (Å²) in [7, 11) is 1.37. The molecule has 0 aliphatic carbocycles. The molecular weight excluding hydrogens is 214 g/mol. The van der Waals surface area contributed by atoms with Crippen LogP contribution >= 0.6 is 12.2 Å². The van der Waals surface area contributed by atoms with Crippen molar-refractivity contribution in [1.29, 1.82) is 0 Å². The van der Waals surface area contributed by atoms with E-state index in [9.17, 15) is 4.79 Å². The lowest BCUT2D eigenvalue weighted by Gasteiger charge is -2.05. The Balaban J connectivity index is 2.47. The molecule has 1 aromatic heterocycles. The van der Waals surface area contributed by atoms with Crippen LogP contribution in [0.2, 0.25) is 0 Å². The Morgan fingerprint density at radius 1 is 1.73 bits per heavy atom. The molecule has 1 heterocycles. The third-order valence-corrected chi connectivity index (χ3v) is 2.13. The molecule has 0 amide bonds. The summed E-state index contributed by atoms with van der Waals surface area (Å²) in [5.74, 6) is 0.363. The van der Waals surface area contributed by atoms with Gasteiger partial charge in [-0.25, -0.2) is 4.98 Å². The van der Waals surface area contributed by atoms with E-state index in [2.05, 4.69) is 9.72 Å². The van der Waals surface area contributed by atoms with Gasteiger partial charge in [0.15, 0.2) is 5.82 Å². The maximum absolute atomic E-state index is 10.9. The first-order valence-corrected chi connectivity index (χ1v) is 4.93. The highest BCUT2D eigenvalue weighted by Crippen LogP contribution is 2.02. The smallest absolute Gasteiger partial charge is 0.305 e. The molecule has 1 aromatic rings. The molecule has 0 fully saturated rings. The van der Waals surface area contributed by atoms with Gasteiger partial charge in [-0.2, -0.15) is 0 Å². The third-order valence-electron chi connectivity index (χ3n) is 1.94. The number of carbonyl (C=O) groups excluding carboxylic acids is 1. The number of rotatable bonds is 5. The molecule has 15 heavy (non-hydrogen) atoms. The molecule has 0 saturated carbocycles. The molecule has 0 spiro atoms. The average Bonchev–Trinajstić information content (AvgIpc) is 2.65. The van der Waals surface area contributed by atoms with Gasteiger partial charge in [0, 0.05) is 25.4 Å². The number of methoxy groups -OCH3 is 1. The number of aryl methyl sites for hydroxylation is 1. The number of esters is 1. The minimum atomic E-state index is -0.216. The standard InChI is InChI=1S/C9H13N3O2S/c1-14-7(13)3-2-5-12-6-4-11-9(12)8(10)15/h4,6H,2-3,5H2,1H3,(H2,10,15). The van der Waals surface area contributed by atoms with Gasteiger partial charge in [0.1, 0.15) is 4.99 Å².